The fraction of sp³-hybridized carbons (Fsp3) is 0.444. The highest BCUT2D eigenvalue weighted by Crippen LogP contribution is 2.37. The van der Waals surface area contributed by atoms with Crippen LogP contribution >= 0.6 is 0 Å². The van der Waals surface area contributed by atoms with E-state index in [1.165, 1.54) is 19.1 Å². The largest absolute Gasteiger partial charge is 0.480 e. The second-order valence-corrected chi connectivity index (χ2v) is 12.2. The van der Waals surface area contributed by atoms with Crippen LogP contribution in [0.1, 0.15) is 44.7 Å². The van der Waals surface area contributed by atoms with Crippen molar-refractivity contribution in [2.45, 2.75) is 62.7 Å². The van der Waals surface area contributed by atoms with E-state index < -0.39 is 56.2 Å². The molecular formula is C27H32F3N3O7S. The Kier molecular flexibility index (Phi) is 9.70. The van der Waals surface area contributed by atoms with Gasteiger partial charge in [0.05, 0.1) is 17.1 Å². The molecule has 0 radical (unpaired) electrons. The van der Waals surface area contributed by atoms with Crippen LogP contribution in [-0.4, -0.2) is 60.5 Å². The summed E-state index contributed by atoms with van der Waals surface area (Å²) in [6.07, 6.45) is -5.28. The maximum absolute atomic E-state index is 13.4. The van der Waals surface area contributed by atoms with Crippen molar-refractivity contribution in [2.24, 2.45) is 5.92 Å². The quantitative estimate of drug-likeness (QED) is 0.370. The molecule has 1 aliphatic heterocycles. The van der Waals surface area contributed by atoms with E-state index in [9.17, 15) is 41.1 Å². The zero-order chi connectivity index (χ0) is 30.6. The minimum absolute atomic E-state index is 0.0383. The number of anilines is 1. The van der Waals surface area contributed by atoms with Gasteiger partial charge in [-0.05, 0) is 61.6 Å². The first kappa shape index (κ1) is 31.9. The summed E-state index contributed by atoms with van der Waals surface area (Å²) in [4.78, 5) is 36.6. The molecule has 1 heterocycles. The number of sulfonamides is 1. The van der Waals surface area contributed by atoms with Gasteiger partial charge < -0.3 is 15.2 Å². The van der Waals surface area contributed by atoms with E-state index in [-0.39, 0.29) is 38.3 Å². The van der Waals surface area contributed by atoms with Gasteiger partial charge in [0.25, 0.3) is 0 Å². The third-order valence-corrected chi connectivity index (χ3v) is 8.62. The lowest BCUT2D eigenvalue weighted by Crippen LogP contribution is -2.58. The average Bonchev–Trinajstić information content (AvgIpc) is 3.31. The van der Waals surface area contributed by atoms with Crippen molar-refractivity contribution < 1.29 is 45.8 Å². The van der Waals surface area contributed by atoms with Crippen molar-refractivity contribution >= 4 is 33.7 Å². The molecule has 41 heavy (non-hydrogen) atoms. The zero-order valence-electron chi connectivity index (χ0n) is 22.7. The number of hydrogen-bond acceptors (Lipinski definition) is 6. The number of carbonyl (C=O) groups is 3. The number of nitrogens with zero attached hydrogens (tertiary/aromatic N) is 1. The molecule has 2 atom stereocenters. The van der Waals surface area contributed by atoms with Crippen LogP contribution in [0.5, 0.6) is 0 Å². The first-order chi connectivity index (χ1) is 19.0. The molecule has 0 aliphatic carbocycles. The molecule has 1 unspecified atom stereocenters. The highest BCUT2D eigenvalue weighted by Gasteiger charge is 2.50. The molecule has 3 N–H and O–H groups in total. The lowest BCUT2D eigenvalue weighted by Gasteiger charge is -2.34. The Balaban J connectivity index is 1.74. The van der Waals surface area contributed by atoms with Gasteiger partial charge in [0, 0.05) is 18.7 Å². The molecule has 224 valence electrons. The molecule has 1 saturated heterocycles. The Morgan fingerprint density at radius 2 is 1.78 bits per heavy atom. The summed E-state index contributed by atoms with van der Waals surface area (Å²) in [6.45, 7) is 5.20. The van der Waals surface area contributed by atoms with Gasteiger partial charge in [0.1, 0.15) is 11.6 Å². The normalized spacial score (nSPS) is 18.6. The molecular weight excluding hydrogens is 567 g/mol. The predicted molar refractivity (Wildman–Crippen MR) is 142 cm³/mol. The van der Waals surface area contributed by atoms with Crippen molar-refractivity contribution in [3.05, 3.63) is 59.7 Å². The summed E-state index contributed by atoms with van der Waals surface area (Å²) in [7, 11) is -4.53. The first-order valence-electron chi connectivity index (χ1n) is 12.8. The van der Waals surface area contributed by atoms with Crippen LogP contribution < -0.4 is 10.6 Å². The zero-order valence-corrected chi connectivity index (χ0v) is 23.5. The summed E-state index contributed by atoms with van der Waals surface area (Å²) in [5, 5.41) is 14.7. The van der Waals surface area contributed by atoms with Crippen LogP contribution in [-0.2, 0) is 36.9 Å². The maximum atomic E-state index is 13.4. The molecule has 2 amide bonds. The maximum Gasteiger partial charge on any atom is 0.416 e. The van der Waals surface area contributed by atoms with Gasteiger partial charge in [-0.15, -0.1) is 0 Å². The average molecular weight is 600 g/mol. The van der Waals surface area contributed by atoms with Crippen LogP contribution in [0.4, 0.5) is 23.7 Å². The minimum Gasteiger partial charge on any atom is -0.480 e. The Morgan fingerprint density at radius 1 is 1.12 bits per heavy atom. The number of aliphatic carboxylic acids is 1. The van der Waals surface area contributed by atoms with Crippen LogP contribution in [0.25, 0.3) is 0 Å². The smallest absolute Gasteiger partial charge is 0.416 e. The fourth-order valence-electron chi connectivity index (χ4n) is 4.38. The number of benzene rings is 2. The number of carboxylic acid groups (broad SMARTS) is 1. The number of ether oxygens (including phenoxy) is 1. The Morgan fingerprint density at radius 3 is 2.37 bits per heavy atom. The number of carbonyl (C=O) groups excluding carboxylic acids is 2. The van der Waals surface area contributed by atoms with Crippen molar-refractivity contribution in [1.82, 2.24) is 9.62 Å². The van der Waals surface area contributed by atoms with Crippen LogP contribution in [0, 0.1) is 5.92 Å². The molecule has 2 aromatic carbocycles. The molecule has 2 aromatic rings. The molecule has 14 heteroatoms. The third-order valence-electron chi connectivity index (χ3n) is 6.61. The van der Waals surface area contributed by atoms with E-state index in [0.29, 0.717) is 17.3 Å². The fourth-order valence-corrected chi connectivity index (χ4v) is 6.24. The SMILES string of the molecule is CC(C)COC(=O)Nc1ccc(CC(NC(=O)[C@]2(C)CCCN2S(=O)(=O)c2cccc(C(F)(F)F)c2)C(=O)O)cc1. The van der Waals surface area contributed by atoms with E-state index in [1.807, 2.05) is 13.8 Å². The lowest BCUT2D eigenvalue weighted by molar-refractivity contribution is -0.143. The molecule has 0 aromatic heterocycles. The predicted octanol–water partition coefficient (Wildman–Crippen LogP) is 4.27. The van der Waals surface area contributed by atoms with Crippen LogP contribution in [0.3, 0.4) is 0 Å². The molecule has 0 spiro atoms. The molecule has 0 saturated carbocycles. The number of carboxylic acids is 1. The van der Waals surface area contributed by atoms with E-state index >= 15 is 0 Å². The molecule has 10 nitrogen and oxygen atoms in total. The Labute approximate surface area is 235 Å². The summed E-state index contributed by atoms with van der Waals surface area (Å²) in [5.41, 5.74) is -1.97. The highest BCUT2D eigenvalue weighted by molar-refractivity contribution is 7.89. The summed E-state index contributed by atoms with van der Waals surface area (Å²) in [6, 6.07) is 7.99. The molecule has 0 bridgehead atoms. The lowest BCUT2D eigenvalue weighted by atomic mass is 9.97. The number of halogens is 3. The number of alkyl halides is 3. The second kappa shape index (κ2) is 12.5. The van der Waals surface area contributed by atoms with Crippen molar-refractivity contribution in [2.75, 3.05) is 18.5 Å². The number of hydrogen-bond donors (Lipinski definition) is 3. The van der Waals surface area contributed by atoms with E-state index in [4.69, 9.17) is 4.74 Å². The number of amides is 2. The standard InChI is InChI=1S/C27H32F3N3O7S/c1-17(2)16-40-25(37)31-20-10-8-18(9-11-20)14-22(23(34)35)32-24(36)26(3)12-5-13-33(26)41(38,39)21-7-4-6-19(15-21)27(28,29)30/h4,6-11,15,17,22H,5,12-14,16H2,1-3H3,(H,31,37)(H,32,36)(H,34,35)/t22?,26-/m0/s1. The van der Waals surface area contributed by atoms with Gasteiger partial charge in [-0.3, -0.25) is 10.1 Å². The molecule has 3 rings (SSSR count). The summed E-state index contributed by atoms with van der Waals surface area (Å²) >= 11 is 0. The van der Waals surface area contributed by atoms with Gasteiger partial charge in [0.2, 0.25) is 15.9 Å². The molecule has 1 aliphatic rings. The minimum atomic E-state index is -4.77. The van der Waals surface area contributed by atoms with Crippen LogP contribution in [0.2, 0.25) is 0 Å². The Hall–Kier alpha value is -3.65. The van der Waals surface area contributed by atoms with Gasteiger partial charge in [-0.1, -0.05) is 32.0 Å². The van der Waals surface area contributed by atoms with Crippen molar-refractivity contribution in [3.63, 3.8) is 0 Å². The Bertz CT molecular complexity index is 1380. The van der Waals surface area contributed by atoms with Gasteiger partial charge in [0.15, 0.2) is 0 Å². The highest BCUT2D eigenvalue weighted by atomic mass is 32.2. The van der Waals surface area contributed by atoms with Gasteiger partial charge >= 0.3 is 18.2 Å². The summed E-state index contributed by atoms with van der Waals surface area (Å²) in [5.74, 6) is -2.10. The number of nitrogens with one attached hydrogen (secondary N) is 2. The van der Waals surface area contributed by atoms with Gasteiger partial charge in [-0.2, -0.15) is 17.5 Å². The molecule has 1 fully saturated rings. The monoisotopic (exact) mass is 599 g/mol. The van der Waals surface area contributed by atoms with Crippen LogP contribution in [0.15, 0.2) is 53.4 Å². The second-order valence-electron chi connectivity index (χ2n) is 10.4. The van der Waals surface area contributed by atoms with E-state index in [0.717, 1.165) is 22.5 Å². The van der Waals surface area contributed by atoms with Crippen molar-refractivity contribution in [3.8, 4) is 0 Å². The summed E-state index contributed by atoms with van der Waals surface area (Å²) < 4.78 is 72.2. The van der Waals surface area contributed by atoms with E-state index in [1.54, 1.807) is 12.1 Å². The van der Waals surface area contributed by atoms with E-state index in [2.05, 4.69) is 10.6 Å². The topological polar surface area (TPSA) is 142 Å². The first-order valence-corrected chi connectivity index (χ1v) is 14.2. The number of rotatable bonds is 10. The third kappa shape index (κ3) is 7.76. The van der Waals surface area contributed by atoms with Crippen molar-refractivity contribution in [1.29, 1.82) is 0 Å². The van der Waals surface area contributed by atoms with Gasteiger partial charge in [-0.25, -0.2) is 18.0 Å².